The van der Waals surface area contributed by atoms with Gasteiger partial charge in [-0.25, -0.2) is 0 Å². The molecule has 3 rings (SSSR count). The second kappa shape index (κ2) is 6.40. The van der Waals surface area contributed by atoms with Crippen LogP contribution in [0.25, 0.3) is 10.8 Å². The third-order valence-electron chi connectivity index (χ3n) is 3.53. The van der Waals surface area contributed by atoms with Gasteiger partial charge in [-0.15, -0.1) is 0 Å². The van der Waals surface area contributed by atoms with Crippen LogP contribution in [0, 0.1) is 0 Å². The highest BCUT2D eigenvalue weighted by Gasteiger charge is 2.08. The van der Waals surface area contributed by atoms with Gasteiger partial charge < -0.3 is 5.32 Å². The zero-order valence-corrected chi connectivity index (χ0v) is 12.7. The van der Waals surface area contributed by atoms with Crippen molar-refractivity contribution in [3.63, 3.8) is 0 Å². The summed E-state index contributed by atoms with van der Waals surface area (Å²) in [5.41, 5.74) is 1.98. The molecule has 0 spiro atoms. The molecular weight excluding hydrogens is 288 g/mol. The number of fused-ring (bicyclic) bond motifs is 1. The van der Waals surface area contributed by atoms with Crippen LogP contribution in [-0.4, -0.2) is 16.7 Å². The molecule has 0 aliphatic heterocycles. The van der Waals surface area contributed by atoms with Crippen LogP contribution in [0.5, 0.6) is 0 Å². The number of hydrogen-bond acceptors (Lipinski definition) is 3. The number of nitrogens with one attached hydrogen (secondary N) is 1. The predicted octanol–water partition coefficient (Wildman–Crippen LogP) is 3.62. The molecule has 4 heteroatoms. The second-order valence-electron chi connectivity index (χ2n) is 5.45. The Kier molecular flexibility index (Phi) is 4.15. The van der Waals surface area contributed by atoms with Crippen LogP contribution in [-0.2, 0) is 11.2 Å². The molecule has 1 N–H and O–H groups in total. The maximum Gasteiger partial charge on any atom is 0.274 e. The molecule has 0 radical (unpaired) electrons. The summed E-state index contributed by atoms with van der Waals surface area (Å²) in [6.07, 6.45) is 2.10. The largest absolute Gasteiger partial charge is 0.321 e. The van der Waals surface area contributed by atoms with Gasteiger partial charge in [0.25, 0.3) is 5.91 Å². The average Bonchev–Trinajstić information content (AvgIpc) is 2.55. The number of pyridine rings is 1. The minimum atomic E-state index is -0.255. The Labute approximate surface area is 134 Å². The van der Waals surface area contributed by atoms with Crippen LogP contribution in [0.1, 0.15) is 23.0 Å². The summed E-state index contributed by atoms with van der Waals surface area (Å²) in [6, 6.07) is 16.8. The van der Waals surface area contributed by atoms with Crippen molar-refractivity contribution in [2.75, 3.05) is 5.32 Å². The lowest BCUT2D eigenvalue weighted by atomic mass is 10.1. The number of carbonyl (C=O) groups excluding carboxylic acids is 2. The summed E-state index contributed by atoms with van der Waals surface area (Å²) in [4.78, 5) is 27.6. The Morgan fingerprint density at radius 1 is 1.00 bits per heavy atom. The first-order valence-corrected chi connectivity index (χ1v) is 7.36. The van der Waals surface area contributed by atoms with Gasteiger partial charge in [0.1, 0.15) is 11.5 Å². The molecule has 0 fully saturated rings. The number of carbonyl (C=O) groups is 2. The van der Waals surface area contributed by atoms with Crippen molar-refractivity contribution in [1.82, 2.24) is 4.98 Å². The summed E-state index contributed by atoms with van der Waals surface area (Å²) in [5.74, 6) is -0.141. The van der Waals surface area contributed by atoms with Gasteiger partial charge in [0.2, 0.25) is 0 Å². The monoisotopic (exact) mass is 304 g/mol. The van der Waals surface area contributed by atoms with Crippen LogP contribution < -0.4 is 5.32 Å². The van der Waals surface area contributed by atoms with Gasteiger partial charge in [0, 0.05) is 23.7 Å². The van der Waals surface area contributed by atoms with E-state index in [9.17, 15) is 9.59 Å². The highest BCUT2D eigenvalue weighted by Crippen LogP contribution is 2.15. The molecule has 2 aromatic carbocycles. The van der Waals surface area contributed by atoms with Gasteiger partial charge in [0.05, 0.1) is 0 Å². The first-order valence-electron chi connectivity index (χ1n) is 7.36. The van der Waals surface area contributed by atoms with E-state index in [1.807, 2.05) is 36.4 Å². The molecule has 1 amide bonds. The minimum Gasteiger partial charge on any atom is -0.321 e. The molecule has 4 nitrogen and oxygen atoms in total. The molecule has 23 heavy (non-hydrogen) atoms. The molecule has 0 aliphatic carbocycles. The van der Waals surface area contributed by atoms with Gasteiger partial charge in [-0.1, -0.05) is 36.4 Å². The molecule has 3 aromatic rings. The normalized spacial score (nSPS) is 10.5. The smallest absolute Gasteiger partial charge is 0.274 e. The summed E-state index contributed by atoms with van der Waals surface area (Å²) >= 11 is 0. The zero-order chi connectivity index (χ0) is 16.2. The van der Waals surface area contributed by atoms with Crippen LogP contribution in [0.4, 0.5) is 5.69 Å². The Morgan fingerprint density at radius 3 is 2.39 bits per heavy atom. The third kappa shape index (κ3) is 3.61. The van der Waals surface area contributed by atoms with Gasteiger partial charge in [-0.2, -0.15) is 0 Å². The van der Waals surface area contributed by atoms with E-state index >= 15 is 0 Å². The number of amides is 1. The number of Topliss-reactive ketones (excluding diaryl/α,β-unsaturated/α-hetero) is 1. The maximum atomic E-state index is 12.3. The van der Waals surface area contributed by atoms with E-state index in [1.54, 1.807) is 31.3 Å². The quantitative estimate of drug-likeness (QED) is 0.801. The van der Waals surface area contributed by atoms with E-state index in [0.29, 0.717) is 17.8 Å². The van der Waals surface area contributed by atoms with Crippen molar-refractivity contribution in [2.45, 2.75) is 13.3 Å². The fraction of sp³-hybridized carbons (Fsp3) is 0.105. The second-order valence-corrected chi connectivity index (χ2v) is 5.45. The van der Waals surface area contributed by atoms with Crippen molar-refractivity contribution in [3.05, 3.63) is 72.1 Å². The molecule has 1 aromatic heterocycles. The maximum absolute atomic E-state index is 12.3. The van der Waals surface area contributed by atoms with Gasteiger partial charge in [-0.05, 0) is 36.1 Å². The molecule has 114 valence electrons. The van der Waals surface area contributed by atoms with Gasteiger partial charge in [0.15, 0.2) is 0 Å². The Bertz CT molecular complexity index is 870. The van der Waals surface area contributed by atoms with E-state index in [0.717, 1.165) is 16.3 Å². The lowest BCUT2D eigenvalue weighted by Crippen LogP contribution is -2.13. The highest BCUT2D eigenvalue weighted by molar-refractivity contribution is 6.04. The van der Waals surface area contributed by atoms with Crippen molar-refractivity contribution >= 4 is 28.2 Å². The number of rotatable bonds is 4. The standard InChI is InChI=1S/C19H16N2O2/c1-13(22)10-14-6-8-17(9-7-14)21-19(23)18-11-15-4-2-3-5-16(15)12-20-18/h2-9,11-12H,10H2,1H3,(H,21,23). The summed E-state index contributed by atoms with van der Waals surface area (Å²) < 4.78 is 0. The van der Waals surface area contributed by atoms with Crippen molar-refractivity contribution in [2.24, 2.45) is 0 Å². The van der Waals surface area contributed by atoms with E-state index in [4.69, 9.17) is 0 Å². The first kappa shape index (κ1) is 14.9. The van der Waals surface area contributed by atoms with Gasteiger partial charge in [-0.3, -0.25) is 14.6 Å². The Hall–Kier alpha value is -3.01. The molecule has 0 saturated heterocycles. The van der Waals surface area contributed by atoms with Crippen LogP contribution in [0.2, 0.25) is 0 Å². The fourth-order valence-corrected chi connectivity index (χ4v) is 2.40. The lowest BCUT2D eigenvalue weighted by molar-refractivity contribution is -0.116. The Morgan fingerprint density at radius 2 is 1.70 bits per heavy atom. The summed E-state index contributed by atoms with van der Waals surface area (Å²) in [7, 11) is 0. The number of ketones is 1. The van der Waals surface area contributed by atoms with E-state index in [-0.39, 0.29) is 11.7 Å². The van der Waals surface area contributed by atoms with Crippen LogP contribution in [0.15, 0.2) is 60.8 Å². The highest BCUT2D eigenvalue weighted by atomic mass is 16.1. The van der Waals surface area contributed by atoms with Crippen molar-refractivity contribution in [3.8, 4) is 0 Å². The third-order valence-corrected chi connectivity index (χ3v) is 3.53. The van der Waals surface area contributed by atoms with E-state index in [2.05, 4.69) is 10.3 Å². The summed E-state index contributed by atoms with van der Waals surface area (Å²) in [6.45, 7) is 1.56. The Balaban J connectivity index is 1.76. The summed E-state index contributed by atoms with van der Waals surface area (Å²) in [5, 5.41) is 4.79. The predicted molar refractivity (Wildman–Crippen MR) is 90.5 cm³/mol. The van der Waals surface area contributed by atoms with E-state index < -0.39 is 0 Å². The minimum absolute atomic E-state index is 0.113. The van der Waals surface area contributed by atoms with Crippen molar-refractivity contribution in [1.29, 1.82) is 0 Å². The number of aromatic nitrogens is 1. The number of nitrogens with zero attached hydrogens (tertiary/aromatic N) is 1. The van der Waals surface area contributed by atoms with Crippen LogP contribution >= 0.6 is 0 Å². The van der Waals surface area contributed by atoms with E-state index in [1.165, 1.54) is 0 Å². The zero-order valence-electron chi connectivity index (χ0n) is 12.7. The molecule has 0 bridgehead atoms. The molecule has 0 unspecified atom stereocenters. The molecular formula is C19H16N2O2. The SMILES string of the molecule is CC(=O)Cc1ccc(NC(=O)c2cc3ccccc3cn2)cc1. The van der Waals surface area contributed by atoms with Crippen LogP contribution in [0.3, 0.4) is 0 Å². The fourth-order valence-electron chi connectivity index (χ4n) is 2.40. The number of anilines is 1. The van der Waals surface area contributed by atoms with Gasteiger partial charge >= 0.3 is 0 Å². The lowest BCUT2D eigenvalue weighted by Gasteiger charge is -2.06. The molecule has 0 atom stereocenters. The molecule has 1 heterocycles. The topological polar surface area (TPSA) is 59.1 Å². The number of hydrogen-bond donors (Lipinski definition) is 1. The first-order chi connectivity index (χ1) is 11.1. The molecule has 0 saturated carbocycles. The van der Waals surface area contributed by atoms with Crippen molar-refractivity contribution < 1.29 is 9.59 Å². The average molecular weight is 304 g/mol. The molecule has 0 aliphatic rings. The number of benzene rings is 2.